The quantitative estimate of drug-likeness (QED) is 0.411. The molecular formula is C10H24N4. The first-order valence-corrected chi connectivity index (χ1v) is 5.83. The van der Waals surface area contributed by atoms with Crippen LogP contribution in [0.15, 0.2) is 0 Å². The Labute approximate surface area is 87.2 Å². The fourth-order valence-electron chi connectivity index (χ4n) is 1.53. The molecule has 1 fully saturated rings. The fourth-order valence-corrected chi connectivity index (χ4v) is 1.53. The second-order valence-electron chi connectivity index (χ2n) is 3.71. The molecule has 0 radical (unpaired) electrons. The maximum atomic E-state index is 3.44. The standard InChI is InChI=1S/C10H24N4/c1-3-11-4-2-6-13-8-10-14-9-7-12-5-1/h11-14H,1-10H2. The van der Waals surface area contributed by atoms with Crippen molar-refractivity contribution >= 4 is 0 Å². The van der Waals surface area contributed by atoms with Crippen LogP contribution in [0.1, 0.15) is 12.8 Å². The molecule has 0 aromatic heterocycles. The normalized spacial score (nSPS) is 24.0. The van der Waals surface area contributed by atoms with Crippen LogP contribution >= 0.6 is 0 Å². The first-order chi connectivity index (χ1) is 7.00. The lowest BCUT2D eigenvalue weighted by Crippen LogP contribution is -2.35. The van der Waals surface area contributed by atoms with Gasteiger partial charge in [0.25, 0.3) is 0 Å². The van der Waals surface area contributed by atoms with E-state index in [1.165, 1.54) is 12.8 Å². The molecule has 4 N–H and O–H groups in total. The van der Waals surface area contributed by atoms with E-state index in [-0.39, 0.29) is 0 Å². The van der Waals surface area contributed by atoms with Crippen LogP contribution in [0.5, 0.6) is 0 Å². The topological polar surface area (TPSA) is 48.1 Å². The zero-order valence-corrected chi connectivity index (χ0v) is 9.07. The van der Waals surface area contributed by atoms with Crippen LogP contribution in [0.2, 0.25) is 0 Å². The van der Waals surface area contributed by atoms with E-state index in [1.54, 1.807) is 0 Å². The van der Waals surface area contributed by atoms with Gasteiger partial charge in [-0.2, -0.15) is 0 Å². The first kappa shape index (κ1) is 11.9. The van der Waals surface area contributed by atoms with Crippen LogP contribution in [0.4, 0.5) is 0 Å². The molecule has 1 aliphatic rings. The summed E-state index contributed by atoms with van der Waals surface area (Å²) >= 11 is 0. The Morgan fingerprint density at radius 3 is 1.07 bits per heavy atom. The van der Waals surface area contributed by atoms with E-state index >= 15 is 0 Å². The summed E-state index contributed by atoms with van der Waals surface area (Å²) in [6.45, 7) is 8.87. The van der Waals surface area contributed by atoms with Crippen molar-refractivity contribution in [2.45, 2.75) is 12.8 Å². The lowest BCUT2D eigenvalue weighted by molar-refractivity contribution is 0.530. The SMILES string of the molecule is C1CNCCCNCCNCCNC1. The Kier molecular flexibility index (Phi) is 8.00. The van der Waals surface area contributed by atoms with Gasteiger partial charge in [0, 0.05) is 26.2 Å². The predicted molar refractivity (Wildman–Crippen MR) is 60.7 cm³/mol. The largest absolute Gasteiger partial charge is 0.317 e. The molecule has 4 heteroatoms. The van der Waals surface area contributed by atoms with Crippen molar-refractivity contribution in [3.63, 3.8) is 0 Å². The molecule has 0 bridgehead atoms. The minimum atomic E-state index is 1.08. The molecule has 0 aromatic rings. The summed E-state index contributed by atoms with van der Waals surface area (Å²) in [6.07, 6.45) is 2.46. The number of hydrogen-bond acceptors (Lipinski definition) is 4. The molecule has 0 atom stereocenters. The van der Waals surface area contributed by atoms with Crippen molar-refractivity contribution in [3.8, 4) is 0 Å². The highest BCUT2D eigenvalue weighted by molar-refractivity contribution is 4.58. The third kappa shape index (κ3) is 7.26. The van der Waals surface area contributed by atoms with Crippen molar-refractivity contribution in [1.82, 2.24) is 21.3 Å². The molecule has 0 unspecified atom stereocenters. The van der Waals surface area contributed by atoms with Crippen LogP contribution in [-0.2, 0) is 0 Å². The van der Waals surface area contributed by atoms with E-state index in [1.807, 2.05) is 0 Å². The van der Waals surface area contributed by atoms with Crippen molar-refractivity contribution in [2.75, 3.05) is 52.4 Å². The maximum Gasteiger partial charge on any atom is 0.00772 e. The van der Waals surface area contributed by atoms with Gasteiger partial charge in [-0.05, 0) is 39.0 Å². The molecule has 0 spiro atoms. The van der Waals surface area contributed by atoms with E-state index in [2.05, 4.69) is 21.3 Å². The molecule has 0 saturated carbocycles. The predicted octanol–water partition coefficient (Wildman–Crippen LogP) is -0.861. The summed E-state index contributed by atoms with van der Waals surface area (Å²) in [5, 5.41) is 13.7. The van der Waals surface area contributed by atoms with Crippen LogP contribution in [0.3, 0.4) is 0 Å². The van der Waals surface area contributed by atoms with Crippen molar-refractivity contribution in [2.24, 2.45) is 0 Å². The second kappa shape index (κ2) is 9.40. The molecule has 14 heavy (non-hydrogen) atoms. The summed E-state index contributed by atoms with van der Waals surface area (Å²) in [6, 6.07) is 0. The van der Waals surface area contributed by atoms with Crippen LogP contribution in [0.25, 0.3) is 0 Å². The van der Waals surface area contributed by atoms with Gasteiger partial charge in [-0.15, -0.1) is 0 Å². The highest BCUT2D eigenvalue weighted by Gasteiger charge is 1.93. The second-order valence-corrected chi connectivity index (χ2v) is 3.71. The summed E-state index contributed by atoms with van der Waals surface area (Å²) in [4.78, 5) is 0. The van der Waals surface area contributed by atoms with E-state index in [0.717, 1.165) is 52.4 Å². The zero-order valence-electron chi connectivity index (χ0n) is 9.07. The third-order valence-corrected chi connectivity index (χ3v) is 2.37. The van der Waals surface area contributed by atoms with E-state index < -0.39 is 0 Å². The minimum absolute atomic E-state index is 1.08. The average molecular weight is 200 g/mol. The highest BCUT2D eigenvalue weighted by Crippen LogP contribution is 1.77. The van der Waals surface area contributed by atoms with E-state index in [9.17, 15) is 0 Å². The molecule has 1 rings (SSSR count). The van der Waals surface area contributed by atoms with Crippen LogP contribution in [-0.4, -0.2) is 52.4 Å². The highest BCUT2D eigenvalue weighted by atomic mass is 15.0. The molecule has 1 saturated heterocycles. The maximum absolute atomic E-state index is 3.44. The molecule has 4 nitrogen and oxygen atoms in total. The molecule has 0 aromatic carbocycles. The van der Waals surface area contributed by atoms with Gasteiger partial charge in [-0.1, -0.05) is 0 Å². The van der Waals surface area contributed by atoms with E-state index in [4.69, 9.17) is 0 Å². The Balaban J connectivity index is 2.00. The first-order valence-electron chi connectivity index (χ1n) is 5.83. The van der Waals surface area contributed by atoms with Crippen molar-refractivity contribution < 1.29 is 0 Å². The molecule has 1 aliphatic heterocycles. The van der Waals surface area contributed by atoms with Gasteiger partial charge >= 0.3 is 0 Å². The summed E-state index contributed by atoms with van der Waals surface area (Å²) in [5.41, 5.74) is 0. The van der Waals surface area contributed by atoms with Gasteiger partial charge in [0.15, 0.2) is 0 Å². The smallest absolute Gasteiger partial charge is 0.00772 e. The lowest BCUT2D eigenvalue weighted by Gasteiger charge is -2.10. The average Bonchev–Trinajstić information content (AvgIpc) is 2.22. The van der Waals surface area contributed by atoms with Crippen LogP contribution < -0.4 is 21.3 Å². The van der Waals surface area contributed by atoms with Gasteiger partial charge in [0.2, 0.25) is 0 Å². The Bertz CT molecular complexity index is 65.4. The summed E-state index contributed by atoms with van der Waals surface area (Å²) in [7, 11) is 0. The minimum Gasteiger partial charge on any atom is -0.317 e. The summed E-state index contributed by atoms with van der Waals surface area (Å²) in [5.74, 6) is 0. The van der Waals surface area contributed by atoms with Crippen LogP contribution in [0, 0.1) is 0 Å². The summed E-state index contributed by atoms with van der Waals surface area (Å²) < 4.78 is 0. The van der Waals surface area contributed by atoms with Gasteiger partial charge in [-0.3, -0.25) is 0 Å². The molecule has 0 aliphatic carbocycles. The van der Waals surface area contributed by atoms with Gasteiger partial charge in [0.05, 0.1) is 0 Å². The number of hydrogen-bond donors (Lipinski definition) is 4. The molecular weight excluding hydrogens is 176 g/mol. The number of nitrogens with one attached hydrogen (secondary N) is 4. The fraction of sp³-hybridized carbons (Fsp3) is 1.00. The van der Waals surface area contributed by atoms with E-state index in [0.29, 0.717) is 0 Å². The lowest BCUT2D eigenvalue weighted by atomic mass is 10.3. The Hall–Kier alpha value is -0.160. The third-order valence-electron chi connectivity index (χ3n) is 2.37. The molecule has 1 heterocycles. The van der Waals surface area contributed by atoms with Gasteiger partial charge in [-0.25, -0.2) is 0 Å². The van der Waals surface area contributed by atoms with Gasteiger partial charge < -0.3 is 21.3 Å². The van der Waals surface area contributed by atoms with Crippen molar-refractivity contribution in [1.29, 1.82) is 0 Å². The Morgan fingerprint density at radius 2 is 0.643 bits per heavy atom. The zero-order chi connectivity index (χ0) is 9.90. The van der Waals surface area contributed by atoms with Crippen molar-refractivity contribution in [3.05, 3.63) is 0 Å². The molecule has 84 valence electrons. The Morgan fingerprint density at radius 1 is 0.357 bits per heavy atom. The monoisotopic (exact) mass is 200 g/mol. The van der Waals surface area contributed by atoms with Gasteiger partial charge in [0.1, 0.15) is 0 Å². The molecule has 0 amide bonds. The number of rotatable bonds is 0.